The Bertz CT molecular complexity index is 1200. The zero-order chi connectivity index (χ0) is 20.2. The molecule has 0 radical (unpaired) electrons. The molecule has 2 heterocycles. The summed E-state index contributed by atoms with van der Waals surface area (Å²) < 4.78 is 12.8. The van der Waals surface area contributed by atoms with Gasteiger partial charge in [0.2, 0.25) is 0 Å². The minimum absolute atomic E-state index is 0.222. The molecule has 29 heavy (non-hydrogen) atoms. The Morgan fingerprint density at radius 2 is 1.97 bits per heavy atom. The fraction of sp³-hybridized carbons (Fsp3) is 0.190. The third-order valence-corrected chi connectivity index (χ3v) is 5.22. The van der Waals surface area contributed by atoms with Crippen LogP contribution in [-0.4, -0.2) is 39.1 Å². The first-order valence-electron chi connectivity index (χ1n) is 9.09. The number of methoxy groups -OCH3 is 1. The van der Waals surface area contributed by atoms with Crippen LogP contribution in [0.1, 0.15) is 5.56 Å². The number of ether oxygens (including phenoxy) is 2. The van der Waals surface area contributed by atoms with Crippen LogP contribution in [0.5, 0.6) is 11.5 Å². The lowest BCUT2D eigenvalue weighted by Crippen LogP contribution is -2.07. The third-order valence-electron chi connectivity index (χ3n) is 4.32. The van der Waals surface area contributed by atoms with Crippen molar-refractivity contribution < 1.29 is 9.47 Å². The second-order valence-electron chi connectivity index (χ2n) is 6.34. The maximum absolute atomic E-state index is 11.8. The molecular formula is C21H20N4O3S. The molecule has 0 aliphatic heterocycles. The summed E-state index contributed by atoms with van der Waals surface area (Å²) in [4.78, 5) is 21.0. The Kier molecular flexibility index (Phi) is 5.53. The van der Waals surface area contributed by atoms with E-state index in [9.17, 15) is 4.79 Å². The minimum Gasteiger partial charge on any atom is -0.497 e. The van der Waals surface area contributed by atoms with Gasteiger partial charge in [0.05, 0.1) is 13.7 Å². The number of aromatic nitrogens is 4. The number of aromatic amines is 1. The molecule has 0 saturated carbocycles. The van der Waals surface area contributed by atoms with E-state index in [2.05, 4.69) is 15.1 Å². The lowest BCUT2D eigenvalue weighted by molar-refractivity contribution is 0.341. The number of H-pyrrole nitrogens is 1. The van der Waals surface area contributed by atoms with Crippen LogP contribution in [0.3, 0.4) is 0 Å². The number of aryl methyl sites for hydroxylation is 1. The maximum atomic E-state index is 11.8. The number of nitrogens with zero attached hydrogens (tertiary/aromatic N) is 3. The third kappa shape index (κ3) is 4.27. The largest absolute Gasteiger partial charge is 0.497 e. The maximum Gasteiger partial charge on any atom is 0.266 e. The number of thioether (sulfide) groups is 1. The Balaban J connectivity index is 1.57. The summed E-state index contributed by atoms with van der Waals surface area (Å²) in [5.41, 5.74) is 2.21. The van der Waals surface area contributed by atoms with Crippen molar-refractivity contribution in [3.8, 4) is 22.9 Å². The summed E-state index contributed by atoms with van der Waals surface area (Å²) in [7, 11) is 1.62. The molecular weight excluding hydrogens is 388 g/mol. The van der Waals surface area contributed by atoms with E-state index in [1.807, 2.05) is 55.5 Å². The van der Waals surface area contributed by atoms with Crippen molar-refractivity contribution in [2.75, 3.05) is 19.5 Å². The smallest absolute Gasteiger partial charge is 0.266 e. The number of rotatable bonds is 7. The van der Waals surface area contributed by atoms with Crippen LogP contribution < -0.4 is 15.0 Å². The molecule has 4 rings (SSSR count). The average molecular weight is 408 g/mol. The standard InChI is InChI=1S/C21H20N4O3S/c1-14-6-3-4-9-17(14)28-10-11-29-21-23-20(15-7-5-8-16(12-15)27-2)22-18-13-19(26)24-25(18)21/h3-9,12-13H,10-11H2,1-2H3,(H,24,26). The summed E-state index contributed by atoms with van der Waals surface area (Å²) >= 11 is 1.49. The van der Waals surface area contributed by atoms with E-state index in [1.165, 1.54) is 17.8 Å². The zero-order valence-corrected chi connectivity index (χ0v) is 16.9. The highest BCUT2D eigenvalue weighted by molar-refractivity contribution is 7.99. The van der Waals surface area contributed by atoms with Gasteiger partial charge in [0.25, 0.3) is 5.56 Å². The number of hydrogen-bond acceptors (Lipinski definition) is 6. The summed E-state index contributed by atoms with van der Waals surface area (Å²) in [5, 5.41) is 3.39. The van der Waals surface area contributed by atoms with Gasteiger partial charge in [-0.1, -0.05) is 42.1 Å². The van der Waals surface area contributed by atoms with Crippen molar-refractivity contribution in [2.45, 2.75) is 12.1 Å². The highest BCUT2D eigenvalue weighted by Gasteiger charge is 2.12. The Morgan fingerprint density at radius 3 is 2.79 bits per heavy atom. The molecule has 0 saturated heterocycles. The van der Waals surface area contributed by atoms with Crippen molar-refractivity contribution in [2.24, 2.45) is 0 Å². The SMILES string of the molecule is COc1cccc(-c2nc(SCCOc3ccccc3C)n3[nH]c(=O)cc3n2)c1. The quantitative estimate of drug-likeness (QED) is 0.372. The highest BCUT2D eigenvalue weighted by Crippen LogP contribution is 2.24. The lowest BCUT2D eigenvalue weighted by atomic mass is 10.2. The first-order chi connectivity index (χ1) is 14.1. The van der Waals surface area contributed by atoms with E-state index >= 15 is 0 Å². The van der Waals surface area contributed by atoms with E-state index in [0.717, 1.165) is 22.6 Å². The van der Waals surface area contributed by atoms with Crippen LogP contribution in [0.2, 0.25) is 0 Å². The summed E-state index contributed by atoms with van der Waals surface area (Å²) in [5.74, 6) is 2.79. The second kappa shape index (κ2) is 8.40. The van der Waals surface area contributed by atoms with Crippen LogP contribution in [0, 0.1) is 6.92 Å². The summed E-state index contributed by atoms with van der Waals surface area (Å²) in [6.45, 7) is 2.53. The topological polar surface area (TPSA) is 81.5 Å². The van der Waals surface area contributed by atoms with Crippen molar-refractivity contribution in [3.05, 3.63) is 70.5 Å². The Hall–Kier alpha value is -3.26. The van der Waals surface area contributed by atoms with Gasteiger partial charge in [0.15, 0.2) is 16.6 Å². The van der Waals surface area contributed by atoms with E-state index in [-0.39, 0.29) is 5.56 Å². The summed E-state index contributed by atoms with van der Waals surface area (Å²) in [6, 6.07) is 16.9. The van der Waals surface area contributed by atoms with Gasteiger partial charge < -0.3 is 9.47 Å². The number of nitrogens with one attached hydrogen (secondary N) is 1. The molecule has 7 nitrogen and oxygen atoms in total. The van der Waals surface area contributed by atoms with E-state index in [4.69, 9.17) is 9.47 Å². The molecule has 4 aromatic rings. The predicted molar refractivity (Wildman–Crippen MR) is 113 cm³/mol. The minimum atomic E-state index is -0.222. The normalized spacial score (nSPS) is 11.0. The molecule has 0 fully saturated rings. The first-order valence-corrected chi connectivity index (χ1v) is 10.1. The van der Waals surface area contributed by atoms with Gasteiger partial charge in [0, 0.05) is 17.4 Å². The number of para-hydroxylation sites is 1. The van der Waals surface area contributed by atoms with Crippen molar-refractivity contribution in [1.82, 2.24) is 19.6 Å². The molecule has 0 atom stereocenters. The van der Waals surface area contributed by atoms with Crippen LogP contribution >= 0.6 is 11.8 Å². The molecule has 0 amide bonds. The van der Waals surface area contributed by atoms with Gasteiger partial charge in [-0.15, -0.1) is 0 Å². The van der Waals surface area contributed by atoms with Crippen LogP contribution in [0.4, 0.5) is 0 Å². The molecule has 0 unspecified atom stereocenters. The average Bonchev–Trinajstić information content (AvgIpc) is 3.12. The van der Waals surface area contributed by atoms with E-state index in [1.54, 1.807) is 11.6 Å². The number of fused-ring (bicyclic) bond motifs is 1. The molecule has 1 N–H and O–H groups in total. The number of hydrogen-bond donors (Lipinski definition) is 1. The van der Waals surface area contributed by atoms with Gasteiger partial charge in [-0.3, -0.25) is 9.89 Å². The van der Waals surface area contributed by atoms with Gasteiger partial charge in [0.1, 0.15) is 11.5 Å². The van der Waals surface area contributed by atoms with E-state index in [0.29, 0.717) is 29.0 Å². The molecule has 0 bridgehead atoms. The molecule has 8 heteroatoms. The molecule has 0 aliphatic rings. The molecule has 2 aromatic heterocycles. The monoisotopic (exact) mass is 408 g/mol. The number of benzene rings is 2. The summed E-state index contributed by atoms with van der Waals surface area (Å²) in [6.07, 6.45) is 0. The highest BCUT2D eigenvalue weighted by atomic mass is 32.2. The second-order valence-corrected chi connectivity index (χ2v) is 7.40. The van der Waals surface area contributed by atoms with Crippen LogP contribution in [0.15, 0.2) is 64.5 Å². The van der Waals surface area contributed by atoms with Gasteiger partial charge in [-0.2, -0.15) is 0 Å². The molecule has 148 valence electrons. The molecule has 0 aliphatic carbocycles. The zero-order valence-electron chi connectivity index (χ0n) is 16.1. The molecule has 2 aromatic carbocycles. The Morgan fingerprint density at radius 1 is 1.10 bits per heavy atom. The van der Waals surface area contributed by atoms with Gasteiger partial charge >= 0.3 is 0 Å². The fourth-order valence-corrected chi connectivity index (χ4v) is 3.64. The van der Waals surface area contributed by atoms with Crippen molar-refractivity contribution >= 4 is 17.4 Å². The van der Waals surface area contributed by atoms with Crippen molar-refractivity contribution in [1.29, 1.82) is 0 Å². The van der Waals surface area contributed by atoms with Gasteiger partial charge in [-0.25, -0.2) is 14.5 Å². The molecule has 0 spiro atoms. The van der Waals surface area contributed by atoms with E-state index < -0.39 is 0 Å². The van der Waals surface area contributed by atoms with Crippen molar-refractivity contribution in [3.63, 3.8) is 0 Å². The van der Waals surface area contributed by atoms with Crippen LogP contribution in [-0.2, 0) is 0 Å². The van der Waals surface area contributed by atoms with Gasteiger partial charge in [-0.05, 0) is 30.7 Å². The lowest BCUT2D eigenvalue weighted by Gasteiger charge is -2.10. The predicted octanol–water partition coefficient (Wildman–Crippen LogP) is 3.57. The Labute approximate surface area is 171 Å². The first kappa shape index (κ1) is 19.1. The van der Waals surface area contributed by atoms with Crippen LogP contribution in [0.25, 0.3) is 17.0 Å². The fourth-order valence-electron chi connectivity index (χ4n) is 2.87.